The lowest BCUT2D eigenvalue weighted by Gasteiger charge is -2.31. The molecule has 0 saturated carbocycles. The smallest absolute Gasteiger partial charge is 0.314 e. The zero-order valence-corrected chi connectivity index (χ0v) is 17.4. The lowest BCUT2D eigenvalue weighted by atomic mass is 9.94. The summed E-state index contributed by atoms with van der Waals surface area (Å²) in [7, 11) is 0. The maximum Gasteiger partial charge on any atom is 0.314 e. The molecule has 2 unspecified atom stereocenters. The molecule has 158 valence electrons. The van der Waals surface area contributed by atoms with Gasteiger partial charge < -0.3 is 21.3 Å². The van der Waals surface area contributed by atoms with E-state index in [1.54, 1.807) is 0 Å². The fraction of sp³-hybridized carbons (Fsp3) is 0.591. The first-order valence-electron chi connectivity index (χ1n) is 10.9. The number of carbonyl (C=O) groups excluding carboxylic acids is 1. The SMILES string of the molecule is CCCCCCCNC(=O)NCCCCN1C=NC2C(N)=Nc3ccccc3C21. The average Bonchev–Trinajstić information content (AvgIpc) is 3.15. The number of nitrogens with two attached hydrogens (primary N) is 1. The Morgan fingerprint density at radius 1 is 1.07 bits per heavy atom. The van der Waals surface area contributed by atoms with E-state index in [0.29, 0.717) is 12.4 Å². The number of rotatable bonds is 11. The van der Waals surface area contributed by atoms with Crippen LogP contribution in [-0.4, -0.2) is 48.8 Å². The summed E-state index contributed by atoms with van der Waals surface area (Å²) in [4.78, 5) is 23.2. The third-order valence-corrected chi connectivity index (χ3v) is 5.53. The van der Waals surface area contributed by atoms with Gasteiger partial charge in [0.25, 0.3) is 0 Å². The van der Waals surface area contributed by atoms with E-state index in [-0.39, 0.29) is 18.1 Å². The second kappa shape index (κ2) is 10.8. The quantitative estimate of drug-likeness (QED) is 0.498. The predicted molar refractivity (Wildman–Crippen MR) is 119 cm³/mol. The number of hydrogen-bond donors (Lipinski definition) is 3. The van der Waals surface area contributed by atoms with Gasteiger partial charge in [0.15, 0.2) is 0 Å². The van der Waals surface area contributed by atoms with E-state index >= 15 is 0 Å². The third-order valence-electron chi connectivity index (χ3n) is 5.53. The summed E-state index contributed by atoms with van der Waals surface area (Å²) in [5, 5.41) is 5.88. The number of fused-ring (bicyclic) bond motifs is 3. The topological polar surface area (TPSA) is 95.1 Å². The minimum atomic E-state index is -0.0915. The standard InChI is InChI=1S/C22H34N6O/c1-2-3-4-5-8-13-24-22(29)25-14-9-10-15-28-16-26-19-20(28)17-11-6-7-12-18(17)27-21(19)23/h6-7,11-12,16,19-20H,2-5,8-10,13-15H2,1H3,(H2,23,27)(H2,24,25,29). The minimum absolute atomic E-state index is 0.0616. The van der Waals surface area contributed by atoms with Crippen molar-refractivity contribution in [1.82, 2.24) is 15.5 Å². The normalized spacial score (nSPS) is 19.5. The zero-order valence-electron chi connectivity index (χ0n) is 17.4. The van der Waals surface area contributed by atoms with Gasteiger partial charge in [-0.1, -0.05) is 50.8 Å². The number of amides is 2. The molecule has 2 heterocycles. The minimum Gasteiger partial charge on any atom is -0.385 e. The van der Waals surface area contributed by atoms with E-state index in [1.807, 2.05) is 24.5 Å². The number of para-hydroxylation sites is 1. The number of benzene rings is 1. The monoisotopic (exact) mass is 398 g/mol. The molecule has 7 heteroatoms. The van der Waals surface area contributed by atoms with Crippen molar-refractivity contribution in [3.05, 3.63) is 29.8 Å². The van der Waals surface area contributed by atoms with E-state index in [0.717, 1.165) is 38.0 Å². The van der Waals surface area contributed by atoms with Crippen molar-refractivity contribution in [2.45, 2.75) is 64.0 Å². The Morgan fingerprint density at radius 2 is 1.79 bits per heavy atom. The van der Waals surface area contributed by atoms with Crippen LogP contribution < -0.4 is 16.4 Å². The van der Waals surface area contributed by atoms with Gasteiger partial charge in [-0.2, -0.15) is 0 Å². The van der Waals surface area contributed by atoms with Crippen LogP contribution in [0.15, 0.2) is 34.3 Å². The highest BCUT2D eigenvalue weighted by atomic mass is 16.2. The molecule has 4 N–H and O–H groups in total. The molecule has 2 aliphatic rings. The van der Waals surface area contributed by atoms with Crippen molar-refractivity contribution in [1.29, 1.82) is 0 Å². The molecule has 0 aliphatic carbocycles. The second-order valence-corrected chi connectivity index (χ2v) is 7.79. The molecular weight excluding hydrogens is 364 g/mol. The van der Waals surface area contributed by atoms with Gasteiger partial charge in [-0.05, 0) is 25.3 Å². The lowest BCUT2D eigenvalue weighted by Crippen LogP contribution is -2.39. The van der Waals surface area contributed by atoms with Crippen molar-refractivity contribution in [3.63, 3.8) is 0 Å². The number of nitrogens with one attached hydrogen (secondary N) is 2. The van der Waals surface area contributed by atoms with Crippen molar-refractivity contribution in [3.8, 4) is 0 Å². The summed E-state index contributed by atoms with van der Waals surface area (Å²) in [6, 6.07) is 8.11. The van der Waals surface area contributed by atoms with Crippen LogP contribution in [0.4, 0.5) is 10.5 Å². The molecule has 2 atom stereocenters. The summed E-state index contributed by atoms with van der Waals surface area (Å²) < 4.78 is 0. The van der Waals surface area contributed by atoms with Crippen molar-refractivity contribution in [2.75, 3.05) is 19.6 Å². The number of aliphatic imine (C=N–C) groups is 2. The van der Waals surface area contributed by atoms with Gasteiger partial charge in [-0.15, -0.1) is 0 Å². The predicted octanol–water partition coefficient (Wildman–Crippen LogP) is 3.49. The molecular formula is C22H34N6O. The maximum absolute atomic E-state index is 11.8. The molecule has 1 aromatic rings. The fourth-order valence-electron chi connectivity index (χ4n) is 3.93. The number of amidine groups is 1. The summed E-state index contributed by atoms with van der Waals surface area (Å²) >= 11 is 0. The van der Waals surface area contributed by atoms with Gasteiger partial charge in [0.05, 0.1) is 18.1 Å². The molecule has 0 radical (unpaired) electrons. The summed E-state index contributed by atoms with van der Waals surface area (Å²) in [6.07, 6.45) is 9.82. The first kappa shape index (κ1) is 21.1. The molecule has 1 aromatic carbocycles. The molecule has 3 rings (SSSR count). The van der Waals surface area contributed by atoms with Crippen LogP contribution in [0.1, 0.15) is 63.5 Å². The highest BCUT2D eigenvalue weighted by Crippen LogP contribution is 2.39. The van der Waals surface area contributed by atoms with Gasteiger partial charge in [0.1, 0.15) is 11.9 Å². The molecule has 29 heavy (non-hydrogen) atoms. The summed E-state index contributed by atoms with van der Waals surface area (Å²) in [6.45, 7) is 4.53. The highest BCUT2D eigenvalue weighted by Gasteiger charge is 2.38. The number of unbranched alkanes of at least 4 members (excludes halogenated alkanes) is 5. The van der Waals surface area contributed by atoms with Gasteiger partial charge in [-0.3, -0.25) is 4.99 Å². The van der Waals surface area contributed by atoms with Crippen molar-refractivity contribution in [2.24, 2.45) is 15.7 Å². The molecule has 2 amide bonds. The number of urea groups is 1. The molecule has 7 nitrogen and oxygen atoms in total. The van der Waals surface area contributed by atoms with Gasteiger partial charge in [0.2, 0.25) is 0 Å². The van der Waals surface area contributed by atoms with Crippen molar-refractivity contribution < 1.29 is 4.79 Å². The number of hydrogen-bond acceptors (Lipinski definition) is 5. The third kappa shape index (κ3) is 5.71. The number of carbonyl (C=O) groups is 1. The van der Waals surface area contributed by atoms with E-state index in [2.05, 4.69) is 38.5 Å². The fourth-order valence-corrected chi connectivity index (χ4v) is 3.93. The Kier molecular flexibility index (Phi) is 7.90. The Labute approximate surface area is 173 Å². The van der Waals surface area contributed by atoms with Crippen LogP contribution in [0.2, 0.25) is 0 Å². The molecule has 2 aliphatic heterocycles. The van der Waals surface area contributed by atoms with Gasteiger partial charge in [0, 0.05) is 25.2 Å². The largest absolute Gasteiger partial charge is 0.385 e. The van der Waals surface area contributed by atoms with Gasteiger partial charge in [-0.25, -0.2) is 9.79 Å². The molecule has 0 bridgehead atoms. The van der Waals surface area contributed by atoms with Crippen LogP contribution >= 0.6 is 0 Å². The Hall–Kier alpha value is -2.57. The lowest BCUT2D eigenvalue weighted by molar-refractivity contribution is 0.240. The van der Waals surface area contributed by atoms with E-state index < -0.39 is 0 Å². The Bertz CT molecular complexity index is 732. The average molecular weight is 399 g/mol. The van der Waals surface area contributed by atoms with E-state index in [1.165, 1.54) is 31.2 Å². The first-order valence-corrected chi connectivity index (χ1v) is 10.9. The number of nitrogens with zero attached hydrogens (tertiary/aromatic N) is 3. The van der Waals surface area contributed by atoms with Crippen LogP contribution in [0, 0.1) is 0 Å². The van der Waals surface area contributed by atoms with Gasteiger partial charge >= 0.3 is 6.03 Å². The van der Waals surface area contributed by atoms with E-state index in [9.17, 15) is 4.79 Å². The van der Waals surface area contributed by atoms with Crippen LogP contribution in [-0.2, 0) is 0 Å². The zero-order chi connectivity index (χ0) is 20.5. The molecule has 0 fully saturated rings. The van der Waals surface area contributed by atoms with Crippen LogP contribution in [0.25, 0.3) is 0 Å². The van der Waals surface area contributed by atoms with Crippen LogP contribution in [0.5, 0.6) is 0 Å². The first-order chi connectivity index (χ1) is 14.2. The van der Waals surface area contributed by atoms with Crippen molar-refractivity contribution >= 4 is 23.9 Å². The summed E-state index contributed by atoms with van der Waals surface area (Å²) in [5.41, 5.74) is 8.26. The maximum atomic E-state index is 11.8. The Morgan fingerprint density at radius 3 is 2.59 bits per heavy atom. The second-order valence-electron chi connectivity index (χ2n) is 7.79. The van der Waals surface area contributed by atoms with E-state index in [4.69, 9.17) is 5.73 Å². The summed E-state index contributed by atoms with van der Waals surface area (Å²) in [5.74, 6) is 0.584. The molecule has 0 spiro atoms. The van der Waals surface area contributed by atoms with Crippen LogP contribution in [0.3, 0.4) is 0 Å². The Balaban J connectivity index is 1.33. The molecule has 0 saturated heterocycles. The highest BCUT2D eigenvalue weighted by molar-refractivity contribution is 5.94. The molecule has 0 aromatic heterocycles.